The van der Waals surface area contributed by atoms with Crippen molar-refractivity contribution in [1.82, 2.24) is 0 Å². The molecule has 0 radical (unpaired) electrons. The van der Waals surface area contributed by atoms with E-state index in [9.17, 15) is 13.2 Å². The van der Waals surface area contributed by atoms with Crippen molar-refractivity contribution in [2.24, 2.45) is 5.41 Å². The van der Waals surface area contributed by atoms with Gasteiger partial charge in [-0.25, -0.2) is 0 Å². The van der Waals surface area contributed by atoms with Crippen molar-refractivity contribution in [2.45, 2.75) is 39.8 Å². The van der Waals surface area contributed by atoms with Crippen LogP contribution in [0.2, 0.25) is 0 Å². The van der Waals surface area contributed by atoms with Crippen LogP contribution in [0.15, 0.2) is 54.7 Å². The van der Waals surface area contributed by atoms with Crippen LogP contribution in [0.5, 0.6) is 0 Å². The number of hydrogen-bond acceptors (Lipinski definition) is 2. The number of hydrogen-bond donors (Lipinski definition) is 2. The van der Waals surface area contributed by atoms with E-state index in [4.69, 9.17) is 0 Å². The summed E-state index contributed by atoms with van der Waals surface area (Å²) in [6.07, 6.45) is -2.71. The Balaban J connectivity index is 2.10. The minimum atomic E-state index is -4.42. The van der Waals surface area contributed by atoms with E-state index in [2.05, 4.69) is 42.3 Å². The highest BCUT2D eigenvalue weighted by molar-refractivity contribution is 5.62. The van der Waals surface area contributed by atoms with Gasteiger partial charge in [-0.2, -0.15) is 13.2 Å². The van der Waals surface area contributed by atoms with Crippen molar-refractivity contribution in [3.8, 4) is 0 Å². The monoisotopic (exact) mass is 376 g/mol. The molecule has 0 saturated carbocycles. The quantitative estimate of drug-likeness (QED) is 0.566. The Kier molecular flexibility index (Phi) is 6.24. The molecule has 0 saturated heterocycles. The molecule has 0 fully saturated rings. The zero-order valence-corrected chi connectivity index (χ0v) is 16.3. The van der Waals surface area contributed by atoms with E-state index in [0.29, 0.717) is 11.4 Å². The Bertz CT molecular complexity index is 807. The predicted molar refractivity (Wildman–Crippen MR) is 107 cm³/mol. The molecular formula is C22H27F3N2. The van der Waals surface area contributed by atoms with E-state index >= 15 is 0 Å². The van der Waals surface area contributed by atoms with Crippen LogP contribution in [0.1, 0.15) is 37.0 Å². The molecule has 146 valence electrons. The fourth-order valence-corrected chi connectivity index (χ4v) is 2.89. The zero-order chi connectivity index (χ0) is 20.2. The molecule has 2 aromatic rings. The molecule has 0 unspecified atom stereocenters. The van der Waals surface area contributed by atoms with E-state index in [-0.39, 0.29) is 11.1 Å². The van der Waals surface area contributed by atoms with Crippen LogP contribution in [0.25, 0.3) is 0 Å². The van der Waals surface area contributed by atoms with Crippen molar-refractivity contribution >= 4 is 11.4 Å². The summed E-state index contributed by atoms with van der Waals surface area (Å²) >= 11 is 0. The van der Waals surface area contributed by atoms with Crippen molar-refractivity contribution in [3.05, 3.63) is 71.4 Å². The van der Waals surface area contributed by atoms with E-state index < -0.39 is 11.7 Å². The van der Waals surface area contributed by atoms with Crippen molar-refractivity contribution < 1.29 is 13.2 Å². The lowest BCUT2D eigenvalue weighted by atomic mass is 9.83. The summed E-state index contributed by atoms with van der Waals surface area (Å²) in [7, 11) is 1.48. The maximum Gasteiger partial charge on any atom is 0.418 e. The van der Waals surface area contributed by atoms with Crippen molar-refractivity contribution in [2.75, 3.05) is 17.7 Å². The van der Waals surface area contributed by atoms with Crippen LogP contribution in [-0.4, -0.2) is 7.05 Å². The molecule has 2 nitrogen and oxygen atoms in total. The molecule has 0 atom stereocenters. The van der Waals surface area contributed by atoms with E-state index in [0.717, 1.165) is 18.9 Å². The Morgan fingerprint density at radius 1 is 1.07 bits per heavy atom. The number of rotatable bonds is 7. The average Bonchev–Trinajstić information content (AvgIpc) is 2.59. The summed E-state index contributed by atoms with van der Waals surface area (Å²) in [6, 6.07) is 12.5. The first-order chi connectivity index (χ1) is 12.5. The first-order valence-corrected chi connectivity index (χ1v) is 8.94. The van der Waals surface area contributed by atoms with Crippen molar-refractivity contribution in [1.29, 1.82) is 0 Å². The second-order valence-electron chi connectivity index (χ2n) is 7.48. The third kappa shape index (κ3) is 5.52. The molecule has 2 N–H and O–H groups in total. The van der Waals surface area contributed by atoms with Crippen molar-refractivity contribution in [3.63, 3.8) is 0 Å². The van der Waals surface area contributed by atoms with Gasteiger partial charge in [-0.3, -0.25) is 0 Å². The Labute approximate surface area is 159 Å². The van der Waals surface area contributed by atoms with E-state index in [1.807, 2.05) is 19.9 Å². The van der Waals surface area contributed by atoms with Crippen LogP contribution in [0.4, 0.5) is 24.5 Å². The molecule has 0 bridgehead atoms. The highest BCUT2D eigenvalue weighted by atomic mass is 19.4. The molecule has 2 rings (SSSR count). The number of nitrogens with one attached hydrogen (secondary N) is 2. The normalized spacial score (nSPS) is 12.0. The maximum absolute atomic E-state index is 13.2. The molecule has 0 aliphatic heterocycles. The van der Waals surface area contributed by atoms with Gasteiger partial charge in [-0.15, -0.1) is 0 Å². The molecular weight excluding hydrogens is 349 g/mol. The molecule has 0 spiro atoms. The van der Waals surface area contributed by atoms with Gasteiger partial charge in [0.05, 0.1) is 5.56 Å². The second-order valence-corrected chi connectivity index (χ2v) is 7.48. The predicted octanol–water partition coefficient (Wildman–Crippen LogP) is 6.64. The molecule has 0 heterocycles. The highest BCUT2D eigenvalue weighted by Crippen LogP contribution is 2.38. The average molecular weight is 376 g/mol. The number of anilines is 2. The molecule has 0 amide bonds. The summed E-state index contributed by atoms with van der Waals surface area (Å²) < 4.78 is 39.7. The number of alkyl halides is 3. The first kappa shape index (κ1) is 20.9. The van der Waals surface area contributed by atoms with E-state index in [1.54, 1.807) is 6.07 Å². The van der Waals surface area contributed by atoms with Gasteiger partial charge in [-0.05, 0) is 43.5 Å². The Morgan fingerprint density at radius 2 is 1.78 bits per heavy atom. The summed E-state index contributed by atoms with van der Waals surface area (Å²) in [5.41, 5.74) is 2.62. The fraction of sp³-hybridized carbons (Fsp3) is 0.364. The van der Waals surface area contributed by atoms with Crippen LogP contribution < -0.4 is 10.6 Å². The molecule has 2 aromatic carbocycles. The van der Waals surface area contributed by atoms with Gasteiger partial charge in [0.2, 0.25) is 0 Å². The van der Waals surface area contributed by atoms with Gasteiger partial charge >= 0.3 is 6.18 Å². The van der Waals surface area contributed by atoms with Crippen LogP contribution in [0, 0.1) is 12.3 Å². The number of halogens is 3. The van der Waals surface area contributed by atoms with Crippen LogP contribution in [-0.2, 0) is 12.6 Å². The lowest BCUT2D eigenvalue weighted by molar-refractivity contribution is -0.136. The molecule has 27 heavy (non-hydrogen) atoms. The molecule has 5 heteroatoms. The zero-order valence-electron chi connectivity index (χ0n) is 16.3. The van der Waals surface area contributed by atoms with Gasteiger partial charge < -0.3 is 10.6 Å². The van der Waals surface area contributed by atoms with Gasteiger partial charge in [0.1, 0.15) is 0 Å². The third-order valence-corrected chi connectivity index (χ3v) is 4.83. The maximum atomic E-state index is 13.2. The summed E-state index contributed by atoms with van der Waals surface area (Å²) in [6.45, 7) is 10.2. The largest absolute Gasteiger partial charge is 0.418 e. The van der Waals surface area contributed by atoms with Crippen LogP contribution in [0.3, 0.4) is 0 Å². The SMILES string of the molecule is C=C(Nc1ccc(NC)c(C(F)(F)F)c1)C(C)(C)CCc1cccc(C)c1. The highest BCUT2D eigenvalue weighted by Gasteiger charge is 2.34. The fourth-order valence-electron chi connectivity index (χ4n) is 2.89. The minimum absolute atomic E-state index is 0.0531. The third-order valence-electron chi connectivity index (χ3n) is 4.83. The molecule has 0 aromatic heterocycles. The topological polar surface area (TPSA) is 24.1 Å². The summed E-state index contributed by atoms with van der Waals surface area (Å²) in [5, 5.41) is 5.66. The summed E-state index contributed by atoms with van der Waals surface area (Å²) in [5.74, 6) is 0. The number of benzene rings is 2. The van der Waals surface area contributed by atoms with Gasteiger partial charge in [0, 0.05) is 29.5 Å². The van der Waals surface area contributed by atoms with Crippen LogP contribution >= 0.6 is 0 Å². The summed E-state index contributed by atoms with van der Waals surface area (Å²) in [4.78, 5) is 0. The molecule has 0 aliphatic carbocycles. The Hall–Kier alpha value is -2.43. The first-order valence-electron chi connectivity index (χ1n) is 8.94. The lowest BCUT2D eigenvalue weighted by Gasteiger charge is -2.29. The number of allylic oxidation sites excluding steroid dienone is 1. The molecule has 0 aliphatic rings. The minimum Gasteiger partial charge on any atom is -0.388 e. The second kappa shape index (κ2) is 8.07. The smallest absolute Gasteiger partial charge is 0.388 e. The number of aryl methyl sites for hydroxylation is 2. The Morgan fingerprint density at radius 3 is 2.37 bits per heavy atom. The standard InChI is InChI=1S/C22H27F3N2/c1-15-7-6-8-17(13-15)11-12-21(3,4)16(2)27-18-9-10-20(26-5)19(14-18)22(23,24)25/h6-10,13-14,26-27H,2,11-12H2,1,3-5H3. The van der Waals surface area contributed by atoms with Gasteiger partial charge in [-0.1, -0.05) is 50.3 Å². The van der Waals surface area contributed by atoms with Gasteiger partial charge in [0.25, 0.3) is 0 Å². The van der Waals surface area contributed by atoms with E-state index in [1.165, 1.54) is 24.2 Å². The lowest BCUT2D eigenvalue weighted by Crippen LogP contribution is -2.21. The van der Waals surface area contributed by atoms with Gasteiger partial charge in [0.15, 0.2) is 0 Å².